The summed E-state index contributed by atoms with van der Waals surface area (Å²) in [6, 6.07) is 16.5. The van der Waals surface area contributed by atoms with Gasteiger partial charge in [-0.1, -0.05) is 36.4 Å². The minimum absolute atomic E-state index is 0.0778. The second-order valence-corrected chi connectivity index (χ2v) is 7.20. The zero-order valence-corrected chi connectivity index (χ0v) is 14.1. The maximum atomic E-state index is 13.1. The average Bonchev–Trinajstić information content (AvgIpc) is 3.26. The molecule has 2 aliphatic rings. The Labute approximate surface area is 147 Å². The molecule has 1 amide bonds. The number of hydrogen-bond donors (Lipinski definition) is 0. The topological polar surface area (TPSA) is 37.6 Å². The molecular weight excluding hydrogens is 310 g/mol. The predicted octanol–water partition coefficient (Wildman–Crippen LogP) is 3.84. The maximum Gasteiger partial charge on any atom is 0.274 e. The van der Waals surface area contributed by atoms with Crippen molar-refractivity contribution in [3.63, 3.8) is 0 Å². The minimum atomic E-state index is 0.0778. The second kappa shape index (κ2) is 5.73. The zero-order chi connectivity index (χ0) is 16.8. The summed E-state index contributed by atoms with van der Waals surface area (Å²) in [5, 5.41) is 0. The van der Waals surface area contributed by atoms with E-state index in [9.17, 15) is 4.79 Å². The lowest BCUT2D eigenvalue weighted by Crippen LogP contribution is -2.29. The van der Waals surface area contributed by atoms with E-state index in [1.165, 1.54) is 18.4 Å². The van der Waals surface area contributed by atoms with Crippen molar-refractivity contribution in [1.82, 2.24) is 14.3 Å². The Bertz CT molecular complexity index is 927. The van der Waals surface area contributed by atoms with E-state index in [0.29, 0.717) is 17.5 Å². The number of nitrogens with zero attached hydrogens (tertiary/aromatic N) is 3. The van der Waals surface area contributed by atoms with Crippen LogP contribution in [0.1, 0.15) is 53.0 Å². The van der Waals surface area contributed by atoms with Gasteiger partial charge in [-0.25, -0.2) is 4.98 Å². The molecule has 0 spiro atoms. The number of benzene rings is 1. The van der Waals surface area contributed by atoms with E-state index >= 15 is 0 Å². The first kappa shape index (κ1) is 14.7. The Balaban J connectivity index is 1.44. The molecule has 1 atom stereocenters. The van der Waals surface area contributed by atoms with Crippen molar-refractivity contribution in [1.29, 1.82) is 0 Å². The molecule has 25 heavy (non-hydrogen) atoms. The van der Waals surface area contributed by atoms with Crippen LogP contribution in [0.5, 0.6) is 0 Å². The molecule has 126 valence electrons. The molecule has 2 aromatic heterocycles. The van der Waals surface area contributed by atoms with Gasteiger partial charge in [0.2, 0.25) is 0 Å². The van der Waals surface area contributed by atoms with Gasteiger partial charge in [0.25, 0.3) is 5.91 Å². The van der Waals surface area contributed by atoms with Crippen molar-refractivity contribution < 1.29 is 4.79 Å². The fraction of sp³-hybridized carbons (Fsp3) is 0.333. The summed E-state index contributed by atoms with van der Waals surface area (Å²) in [7, 11) is 0. The molecule has 1 aliphatic heterocycles. The quantitative estimate of drug-likeness (QED) is 0.731. The normalized spacial score (nSPS) is 20.3. The van der Waals surface area contributed by atoms with Crippen LogP contribution in [0.2, 0.25) is 0 Å². The highest BCUT2D eigenvalue weighted by Crippen LogP contribution is 2.40. The highest BCUT2D eigenvalue weighted by atomic mass is 16.2. The van der Waals surface area contributed by atoms with Gasteiger partial charge >= 0.3 is 0 Å². The van der Waals surface area contributed by atoms with Gasteiger partial charge in [0.15, 0.2) is 5.69 Å². The van der Waals surface area contributed by atoms with Gasteiger partial charge in [0.1, 0.15) is 5.82 Å². The number of amides is 1. The first-order chi connectivity index (χ1) is 12.3. The summed E-state index contributed by atoms with van der Waals surface area (Å²) in [6.45, 7) is 1.59. The van der Waals surface area contributed by atoms with Crippen LogP contribution in [0, 0.1) is 0 Å². The number of rotatable bonds is 3. The average molecular weight is 331 g/mol. The monoisotopic (exact) mass is 331 g/mol. The minimum Gasteiger partial charge on any atom is -0.337 e. The number of fused-ring (bicyclic) bond motifs is 1. The van der Waals surface area contributed by atoms with E-state index in [1.807, 2.05) is 35.4 Å². The molecule has 4 heteroatoms. The second-order valence-electron chi connectivity index (χ2n) is 7.20. The molecule has 2 fully saturated rings. The predicted molar refractivity (Wildman–Crippen MR) is 96.9 cm³/mol. The van der Waals surface area contributed by atoms with E-state index in [-0.39, 0.29) is 5.91 Å². The number of pyridine rings is 1. The molecule has 1 unspecified atom stereocenters. The van der Waals surface area contributed by atoms with E-state index in [0.717, 1.165) is 30.9 Å². The summed E-state index contributed by atoms with van der Waals surface area (Å²) in [4.78, 5) is 19.9. The molecule has 5 rings (SSSR count). The van der Waals surface area contributed by atoms with Crippen molar-refractivity contribution in [2.24, 2.45) is 0 Å². The smallest absolute Gasteiger partial charge is 0.274 e. The van der Waals surface area contributed by atoms with Crippen LogP contribution in [-0.4, -0.2) is 33.3 Å². The lowest BCUT2D eigenvalue weighted by molar-refractivity contribution is 0.0787. The van der Waals surface area contributed by atoms with Crippen molar-refractivity contribution in [2.75, 3.05) is 13.1 Å². The number of likely N-dealkylation sites (tertiary alicyclic amines) is 1. The third-order valence-corrected chi connectivity index (χ3v) is 5.47. The van der Waals surface area contributed by atoms with Crippen LogP contribution < -0.4 is 0 Å². The molecular formula is C21H21N3O. The van der Waals surface area contributed by atoms with Crippen LogP contribution in [0.3, 0.4) is 0 Å². The summed E-state index contributed by atoms with van der Waals surface area (Å²) in [5.41, 5.74) is 2.89. The third kappa shape index (κ3) is 2.53. The summed E-state index contributed by atoms with van der Waals surface area (Å²) in [6.07, 6.45) is 5.42. The molecule has 0 radical (unpaired) electrons. The number of imidazole rings is 1. The first-order valence-electron chi connectivity index (χ1n) is 9.12. The van der Waals surface area contributed by atoms with E-state index in [4.69, 9.17) is 4.98 Å². The third-order valence-electron chi connectivity index (χ3n) is 5.47. The Morgan fingerprint density at radius 3 is 2.56 bits per heavy atom. The van der Waals surface area contributed by atoms with Gasteiger partial charge in [0.05, 0.1) is 5.52 Å². The van der Waals surface area contributed by atoms with Crippen LogP contribution >= 0.6 is 0 Å². The van der Waals surface area contributed by atoms with Gasteiger partial charge in [-0.3, -0.25) is 4.79 Å². The molecule has 3 heterocycles. The van der Waals surface area contributed by atoms with E-state index < -0.39 is 0 Å². The molecule has 4 nitrogen and oxygen atoms in total. The molecule has 1 saturated carbocycles. The van der Waals surface area contributed by atoms with Gasteiger partial charge < -0.3 is 9.30 Å². The van der Waals surface area contributed by atoms with Crippen LogP contribution in [0.15, 0.2) is 54.7 Å². The van der Waals surface area contributed by atoms with Gasteiger partial charge in [-0.15, -0.1) is 0 Å². The Morgan fingerprint density at radius 1 is 0.960 bits per heavy atom. The number of hydrogen-bond acceptors (Lipinski definition) is 2. The van der Waals surface area contributed by atoms with Gasteiger partial charge in [-0.2, -0.15) is 0 Å². The molecule has 0 N–H and O–H groups in total. The summed E-state index contributed by atoms with van der Waals surface area (Å²) < 4.78 is 2.11. The standard InChI is InChI=1S/C21H21N3O/c25-21(23-13-11-17(14-23)15-6-2-1-3-7-15)19-18-8-4-5-12-24(18)20(22-19)16-9-10-16/h1-8,12,16-17H,9-11,13-14H2. The van der Waals surface area contributed by atoms with Gasteiger partial charge in [-0.05, 0) is 37.0 Å². The highest BCUT2D eigenvalue weighted by molar-refractivity contribution is 5.99. The lowest BCUT2D eigenvalue weighted by Gasteiger charge is -2.15. The number of carbonyl (C=O) groups excluding carboxylic acids is 1. The van der Waals surface area contributed by atoms with Crippen LogP contribution in [0.25, 0.3) is 5.52 Å². The summed E-state index contributed by atoms with van der Waals surface area (Å²) >= 11 is 0. The van der Waals surface area contributed by atoms with Crippen LogP contribution in [-0.2, 0) is 0 Å². The zero-order valence-electron chi connectivity index (χ0n) is 14.1. The lowest BCUT2D eigenvalue weighted by atomic mass is 9.99. The highest BCUT2D eigenvalue weighted by Gasteiger charge is 2.33. The fourth-order valence-electron chi connectivity index (χ4n) is 3.94. The molecule has 0 bridgehead atoms. The first-order valence-corrected chi connectivity index (χ1v) is 9.12. The molecule has 1 saturated heterocycles. The van der Waals surface area contributed by atoms with Crippen molar-refractivity contribution in [3.05, 3.63) is 71.8 Å². The molecule has 1 aromatic carbocycles. The molecule has 1 aliphatic carbocycles. The van der Waals surface area contributed by atoms with Crippen molar-refractivity contribution in [3.8, 4) is 0 Å². The van der Waals surface area contributed by atoms with Crippen LogP contribution in [0.4, 0.5) is 0 Å². The Kier molecular flexibility index (Phi) is 3.37. The van der Waals surface area contributed by atoms with Gasteiger partial charge in [0, 0.05) is 31.1 Å². The van der Waals surface area contributed by atoms with Crippen molar-refractivity contribution in [2.45, 2.75) is 31.1 Å². The van der Waals surface area contributed by atoms with E-state index in [1.54, 1.807) is 0 Å². The Morgan fingerprint density at radius 2 is 1.76 bits per heavy atom. The largest absolute Gasteiger partial charge is 0.337 e. The van der Waals surface area contributed by atoms with Crippen molar-refractivity contribution >= 4 is 11.4 Å². The SMILES string of the molecule is O=C(c1nc(C2CC2)n2ccccc12)N1CCC(c2ccccc2)C1. The number of carbonyl (C=O) groups is 1. The Hall–Kier alpha value is -2.62. The summed E-state index contributed by atoms with van der Waals surface area (Å²) in [5.74, 6) is 2.08. The fourth-order valence-corrected chi connectivity index (χ4v) is 3.94. The van der Waals surface area contributed by atoms with E-state index in [2.05, 4.69) is 28.7 Å². The number of aromatic nitrogens is 2. The maximum absolute atomic E-state index is 13.1. The molecule has 3 aromatic rings.